The normalized spacial score (nSPS) is 22.7. The van der Waals surface area contributed by atoms with Crippen LogP contribution in [0.15, 0.2) is 11.6 Å². The number of esters is 1. The molecule has 27 heavy (non-hydrogen) atoms. The number of hydroxylamine groups is 2. The summed E-state index contributed by atoms with van der Waals surface area (Å²) in [6.07, 6.45) is 1.54. The van der Waals surface area contributed by atoms with E-state index >= 15 is 0 Å². The fraction of sp³-hybridized carbons (Fsp3) is 0.667. The predicted octanol–water partition coefficient (Wildman–Crippen LogP) is -0.311. The van der Waals surface area contributed by atoms with E-state index in [0.717, 1.165) is 4.90 Å². The van der Waals surface area contributed by atoms with Crippen LogP contribution in [0.25, 0.3) is 0 Å². The van der Waals surface area contributed by atoms with E-state index in [2.05, 4.69) is 0 Å². The average Bonchev–Trinajstić information content (AvgIpc) is 2.78. The number of urea groups is 1. The maximum atomic E-state index is 12.4. The highest BCUT2D eigenvalue weighted by molar-refractivity contribution is 7.81. The maximum absolute atomic E-state index is 12.4. The molecule has 2 rings (SSSR count). The first-order valence-corrected chi connectivity index (χ1v) is 9.56. The lowest BCUT2D eigenvalue weighted by molar-refractivity contribution is -0.155. The summed E-state index contributed by atoms with van der Waals surface area (Å²) in [6, 6.07) is -2.51. The van der Waals surface area contributed by atoms with Crippen LogP contribution in [0.3, 0.4) is 0 Å². The second-order valence-corrected chi connectivity index (χ2v) is 8.09. The number of carbonyl (C=O) groups excluding carboxylic acids is 3. The molecule has 2 aliphatic heterocycles. The van der Waals surface area contributed by atoms with Gasteiger partial charge in [-0.25, -0.2) is 8.98 Å². The highest BCUT2D eigenvalue weighted by Crippen LogP contribution is 2.30. The van der Waals surface area contributed by atoms with Crippen LogP contribution in [0.2, 0.25) is 0 Å². The van der Waals surface area contributed by atoms with E-state index in [1.807, 2.05) is 0 Å². The van der Waals surface area contributed by atoms with Gasteiger partial charge in [-0.05, 0) is 33.3 Å². The molecule has 2 atom stereocenters. The molecule has 2 heterocycles. The Morgan fingerprint density at radius 1 is 1.37 bits per heavy atom. The third kappa shape index (κ3) is 4.39. The van der Waals surface area contributed by atoms with E-state index < -0.39 is 52.4 Å². The first-order chi connectivity index (χ1) is 12.4. The maximum Gasteiger partial charge on any atom is 0.421 e. The lowest BCUT2D eigenvalue weighted by Crippen LogP contribution is -2.48. The number of nitrogens with zero attached hydrogens (tertiary/aromatic N) is 2. The van der Waals surface area contributed by atoms with Crippen molar-refractivity contribution < 1.29 is 36.0 Å². The molecule has 152 valence electrons. The van der Waals surface area contributed by atoms with Gasteiger partial charge in [0.05, 0.1) is 31.2 Å². The van der Waals surface area contributed by atoms with E-state index in [4.69, 9.17) is 18.9 Å². The van der Waals surface area contributed by atoms with Crippen LogP contribution in [-0.4, -0.2) is 68.1 Å². The molecular weight excluding hydrogens is 382 g/mol. The van der Waals surface area contributed by atoms with Gasteiger partial charge in [0.2, 0.25) is 5.91 Å². The van der Waals surface area contributed by atoms with Crippen molar-refractivity contribution in [1.29, 1.82) is 0 Å². The van der Waals surface area contributed by atoms with Crippen molar-refractivity contribution in [3.05, 3.63) is 11.6 Å². The van der Waals surface area contributed by atoms with Gasteiger partial charge in [0, 0.05) is 0 Å². The number of carbonyl (C=O) groups is 3. The Kier molecular flexibility index (Phi) is 5.82. The van der Waals surface area contributed by atoms with Gasteiger partial charge < -0.3 is 15.4 Å². The van der Waals surface area contributed by atoms with Crippen molar-refractivity contribution in [3.8, 4) is 0 Å². The zero-order chi connectivity index (χ0) is 20.6. The molecule has 2 bridgehead atoms. The molecule has 0 spiro atoms. The van der Waals surface area contributed by atoms with Crippen molar-refractivity contribution in [2.75, 3.05) is 19.8 Å². The second kappa shape index (κ2) is 7.44. The van der Waals surface area contributed by atoms with E-state index in [1.54, 1.807) is 13.8 Å². The fourth-order valence-electron chi connectivity index (χ4n) is 2.79. The van der Waals surface area contributed by atoms with Gasteiger partial charge in [0.15, 0.2) is 0 Å². The molecule has 2 N–H and O–H groups in total. The van der Waals surface area contributed by atoms with E-state index in [0.29, 0.717) is 10.6 Å². The Balaban J connectivity index is 2.07. The van der Waals surface area contributed by atoms with Crippen LogP contribution in [0.4, 0.5) is 4.79 Å². The van der Waals surface area contributed by atoms with E-state index in [1.165, 1.54) is 19.9 Å². The summed E-state index contributed by atoms with van der Waals surface area (Å²) in [5.74, 6) is -1.37. The minimum absolute atomic E-state index is 0.0492. The Hall–Kier alpha value is -2.18. The van der Waals surface area contributed by atoms with Gasteiger partial charge in [0.1, 0.15) is 6.04 Å². The summed E-state index contributed by atoms with van der Waals surface area (Å²) >= 11 is 0. The second-order valence-electron chi connectivity index (χ2n) is 6.89. The Morgan fingerprint density at radius 2 is 2.00 bits per heavy atom. The highest BCUT2D eigenvalue weighted by atomic mass is 32.3. The lowest BCUT2D eigenvalue weighted by Gasteiger charge is -2.27. The number of primary amides is 1. The number of fused-ring (bicyclic) bond motifs is 2. The smallest absolute Gasteiger partial charge is 0.421 e. The van der Waals surface area contributed by atoms with E-state index in [-0.39, 0.29) is 13.2 Å². The molecule has 0 aromatic rings. The minimum Gasteiger partial charge on any atom is -0.466 e. The largest absolute Gasteiger partial charge is 0.466 e. The van der Waals surface area contributed by atoms with Gasteiger partial charge in [-0.15, -0.1) is 4.28 Å². The van der Waals surface area contributed by atoms with Crippen LogP contribution in [0, 0.1) is 5.41 Å². The molecule has 2 unspecified atom stereocenters. The number of rotatable bonds is 8. The molecule has 0 aromatic carbocycles. The third-order valence-corrected chi connectivity index (χ3v) is 4.90. The summed E-state index contributed by atoms with van der Waals surface area (Å²) in [4.78, 5) is 36.9. The molecule has 1 saturated heterocycles. The number of amides is 3. The Morgan fingerprint density at radius 3 is 2.56 bits per heavy atom. The van der Waals surface area contributed by atoms with Gasteiger partial charge in [-0.1, -0.05) is 6.08 Å². The fourth-order valence-corrected chi connectivity index (χ4v) is 3.64. The summed E-state index contributed by atoms with van der Waals surface area (Å²) in [5, 5.41) is 0.610. The average molecular weight is 405 g/mol. The number of hydrogen-bond donors (Lipinski definition) is 1. The molecule has 0 aliphatic carbocycles. The van der Waals surface area contributed by atoms with Gasteiger partial charge in [-0.2, -0.15) is 13.5 Å². The quantitative estimate of drug-likeness (QED) is 0.427. The van der Waals surface area contributed by atoms with Crippen molar-refractivity contribution >= 4 is 28.3 Å². The first kappa shape index (κ1) is 21.1. The van der Waals surface area contributed by atoms with E-state index in [9.17, 15) is 22.8 Å². The molecular formula is C15H23N3O8S. The minimum atomic E-state index is -4.65. The third-order valence-electron chi connectivity index (χ3n) is 4.15. The van der Waals surface area contributed by atoms with Crippen LogP contribution in [0.5, 0.6) is 0 Å². The van der Waals surface area contributed by atoms with Gasteiger partial charge in [-0.3, -0.25) is 9.59 Å². The molecule has 0 aromatic heterocycles. The van der Waals surface area contributed by atoms with Crippen molar-refractivity contribution in [2.45, 2.75) is 39.8 Å². The van der Waals surface area contributed by atoms with Gasteiger partial charge in [0.25, 0.3) is 0 Å². The zero-order valence-corrected chi connectivity index (χ0v) is 16.3. The number of ether oxygens (including phenoxy) is 1. The van der Waals surface area contributed by atoms with Crippen LogP contribution in [-0.2, 0) is 33.2 Å². The van der Waals surface area contributed by atoms with Crippen molar-refractivity contribution in [2.24, 2.45) is 11.1 Å². The zero-order valence-electron chi connectivity index (χ0n) is 15.5. The highest BCUT2D eigenvalue weighted by Gasteiger charge is 2.48. The van der Waals surface area contributed by atoms with Crippen LogP contribution < -0.4 is 5.73 Å². The molecule has 1 fully saturated rings. The molecule has 3 amide bonds. The van der Waals surface area contributed by atoms with Crippen molar-refractivity contribution in [3.63, 3.8) is 0 Å². The molecule has 0 radical (unpaired) electrons. The van der Waals surface area contributed by atoms with Gasteiger partial charge >= 0.3 is 22.4 Å². The summed E-state index contributed by atoms with van der Waals surface area (Å²) in [7, 11) is -4.65. The lowest BCUT2D eigenvalue weighted by atomic mass is 9.95. The number of hydrogen-bond acceptors (Lipinski definition) is 8. The molecule has 2 aliphatic rings. The molecule has 12 heteroatoms. The van der Waals surface area contributed by atoms with Crippen LogP contribution in [0.1, 0.15) is 27.7 Å². The monoisotopic (exact) mass is 405 g/mol. The summed E-state index contributed by atoms with van der Waals surface area (Å²) in [6.45, 7) is 5.77. The standard InChI is InChI=1S/C15H23N3O8S/c1-5-24-13(20)15(3,4)8-25-27(22,23)26-18-10-6-9(2)11(12(16)19)17(7-10)14(18)21/h6,10-11H,5,7-8H2,1-4H3,(H2,16,19). The Bertz CT molecular complexity index is 776. The predicted molar refractivity (Wildman–Crippen MR) is 90.8 cm³/mol. The molecule has 11 nitrogen and oxygen atoms in total. The Labute approximate surface area is 157 Å². The van der Waals surface area contributed by atoms with Crippen LogP contribution >= 0.6 is 0 Å². The summed E-state index contributed by atoms with van der Waals surface area (Å²) in [5.41, 5.74) is 4.58. The van der Waals surface area contributed by atoms with Crippen molar-refractivity contribution in [1.82, 2.24) is 9.96 Å². The number of nitrogens with two attached hydrogens (primary N) is 1. The first-order valence-electron chi connectivity index (χ1n) is 8.23. The summed E-state index contributed by atoms with van der Waals surface area (Å²) < 4.78 is 38.6. The topological polar surface area (TPSA) is 146 Å². The molecule has 0 saturated carbocycles. The SMILES string of the molecule is CCOC(=O)C(C)(C)COS(=O)(=O)ON1C(=O)N2CC1C=C(C)C2C(N)=O.